The van der Waals surface area contributed by atoms with Crippen molar-refractivity contribution in [2.45, 2.75) is 65.2 Å². The Kier molecular flexibility index (Phi) is 10.0. The molecule has 1 aliphatic heterocycles. The molecule has 0 fully saturated rings. The number of ether oxygens (including phenoxy) is 3. The second kappa shape index (κ2) is 13.5. The molecule has 2 aromatic rings. The van der Waals surface area contributed by atoms with Gasteiger partial charge in [0.1, 0.15) is 11.5 Å². The molecule has 0 aliphatic carbocycles. The molecule has 1 heterocycles. The van der Waals surface area contributed by atoms with Gasteiger partial charge in [0.05, 0.1) is 13.2 Å². The van der Waals surface area contributed by atoms with E-state index < -0.39 is 5.97 Å². The second-order valence-electron chi connectivity index (χ2n) is 8.19. The van der Waals surface area contributed by atoms with E-state index in [-0.39, 0.29) is 5.70 Å². The van der Waals surface area contributed by atoms with Crippen LogP contribution < -0.4 is 9.47 Å². The molecule has 0 saturated carbocycles. The molecule has 5 heteroatoms. The van der Waals surface area contributed by atoms with E-state index in [9.17, 15) is 4.79 Å². The average Bonchev–Trinajstić information content (AvgIpc) is 3.20. The molecule has 0 atom stereocenters. The zero-order valence-corrected chi connectivity index (χ0v) is 19.8. The lowest BCUT2D eigenvalue weighted by Crippen LogP contribution is -2.05. The maximum absolute atomic E-state index is 12.2. The SMILES string of the molecule is CCCCCCCCCCOc1ccc(C2=N/C(=C\c3ccc(OCC)cc3)C(=O)O2)cc1. The Hall–Kier alpha value is -3.08. The van der Waals surface area contributed by atoms with Crippen LogP contribution in [0.3, 0.4) is 0 Å². The second-order valence-corrected chi connectivity index (χ2v) is 8.19. The number of benzene rings is 2. The van der Waals surface area contributed by atoms with Gasteiger partial charge in [0.2, 0.25) is 5.90 Å². The number of aliphatic imine (C=N–C) groups is 1. The number of nitrogens with zero attached hydrogens (tertiary/aromatic N) is 1. The van der Waals surface area contributed by atoms with Gasteiger partial charge >= 0.3 is 5.97 Å². The summed E-state index contributed by atoms with van der Waals surface area (Å²) in [5.41, 5.74) is 1.89. The molecule has 33 heavy (non-hydrogen) atoms. The van der Waals surface area contributed by atoms with Gasteiger partial charge in [-0.2, -0.15) is 0 Å². The van der Waals surface area contributed by atoms with Crippen LogP contribution in [0.25, 0.3) is 6.08 Å². The third kappa shape index (κ3) is 8.08. The Morgan fingerprint density at radius 1 is 0.788 bits per heavy atom. The summed E-state index contributed by atoms with van der Waals surface area (Å²) >= 11 is 0. The monoisotopic (exact) mass is 449 g/mol. The quantitative estimate of drug-likeness (QED) is 0.178. The summed E-state index contributed by atoms with van der Waals surface area (Å²) in [6.07, 6.45) is 12.0. The van der Waals surface area contributed by atoms with Crippen molar-refractivity contribution >= 4 is 17.9 Å². The van der Waals surface area contributed by atoms with Crippen LogP contribution in [0, 0.1) is 0 Å². The maximum Gasteiger partial charge on any atom is 0.363 e. The summed E-state index contributed by atoms with van der Waals surface area (Å²) in [5, 5.41) is 0. The first-order valence-electron chi connectivity index (χ1n) is 12.2. The molecule has 0 saturated heterocycles. The fourth-order valence-corrected chi connectivity index (χ4v) is 3.64. The van der Waals surface area contributed by atoms with Gasteiger partial charge in [0, 0.05) is 5.56 Å². The number of hydrogen-bond acceptors (Lipinski definition) is 5. The van der Waals surface area contributed by atoms with Crippen LogP contribution >= 0.6 is 0 Å². The van der Waals surface area contributed by atoms with E-state index in [0.717, 1.165) is 35.7 Å². The zero-order chi connectivity index (χ0) is 23.3. The van der Waals surface area contributed by atoms with Crippen molar-refractivity contribution in [1.29, 1.82) is 0 Å². The molecular formula is C28H35NO4. The Labute approximate surface area is 197 Å². The highest BCUT2D eigenvalue weighted by molar-refractivity contribution is 6.12. The van der Waals surface area contributed by atoms with Gasteiger partial charge in [-0.15, -0.1) is 0 Å². The highest BCUT2D eigenvalue weighted by Gasteiger charge is 2.24. The van der Waals surface area contributed by atoms with E-state index in [4.69, 9.17) is 14.2 Å². The zero-order valence-electron chi connectivity index (χ0n) is 19.8. The molecule has 0 unspecified atom stereocenters. The van der Waals surface area contributed by atoms with Crippen molar-refractivity contribution in [1.82, 2.24) is 0 Å². The van der Waals surface area contributed by atoms with Crippen LogP contribution in [0.2, 0.25) is 0 Å². The molecule has 0 N–H and O–H groups in total. The Balaban J connectivity index is 1.46. The number of cyclic esters (lactones) is 1. The Morgan fingerprint density at radius 2 is 1.39 bits per heavy atom. The van der Waals surface area contributed by atoms with E-state index >= 15 is 0 Å². The van der Waals surface area contributed by atoms with Gasteiger partial charge in [0.25, 0.3) is 0 Å². The first-order valence-corrected chi connectivity index (χ1v) is 12.2. The Bertz CT molecular complexity index is 929. The van der Waals surface area contributed by atoms with Crippen LogP contribution in [-0.4, -0.2) is 25.1 Å². The van der Waals surface area contributed by atoms with Gasteiger partial charge in [-0.3, -0.25) is 0 Å². The summed E-state index contributed by atoms with van der Waals surface area (Å²) in [4.78, 5) is 16.6. The summed E-state index contributed by atoms with van der Waals surface area (Å²) in [5.74, 6) is 1.47. The van der Waals surface area contributed by atoms with Crippen LogP contribution in [0.1, 0.15) is 76.3 Å². The van der Waals surface area contributed by atoms with Crippen LogP contribution in [0.4, 0.5) is 0 Å². The summed E-state index contributed by atoms with van der Waals surface area (Å²) in [7, 11) is 0. The molecule has 176 valence electrons. The minimum Gasteiger partial charge on any atom is -0.494 e. The van der Waals surface area contributed by atoms with Crippen molar-refractivity contribution in [3.8, 4) is 11.5 Å². The maximum atomic E-state index is 12.2. The minimum atomic E-state index is -0.450. The number of esters is 1. The van der Waals surface area contributed by atoms with Gasteiger partial charge in [-0.25, -0.2) is 9.79 Å². The third-order valence-electron chi connectivity index (χ3n) is 5.48. The predicted octanol–water partition coefficient (Wildman–Crippen LogP) is 6.95. The van der Waals surface area contributed by atoms with Gasteiger partial charge < -0.3 is 14.2 Å². The number of unbranched alkanes of at least 4 members (excludes halogenated alkanes) is 7. The van der Waals surface area contributed by atoms with Crippen molar-refractivity contribution in [2.75, 3.05) is 13.2 Å². The first-order chi connectivity index (χ1) is 16.2. The average molecular weight is 450 g/mol. The van der Waals surface area contributed by atoms with Crippen LogP contribution in [0.15, 0.2) is 59.2 Å². The minimum absolute atomic E-state index is 0.282. The third-order valence-corrected chi connectivity index (χ3v) is 5.48. The molecule has 5 nitrogen and oxygen atoms in total. The lowest BCUT2D eigenvalue weighted by atomic mass is 10.1. The standard InChI is InChI=1S/C28H35NO4/c1-3-5-6-7-8-9-10-11-20-32-25-18-14-23(15-19-25)27-29-26(28(30)33-27)21-22-12-16-24(17-13-22)31-4-2/h12-19,21H,3-11,20H2,1-2H3/b26-21-. The number of carbonyl (C=O) groups excluding carboxylic acids is 1. The van der Waals surface area contributed by atoms with Gasteiger partial charge in [-0.05, 0) is 61.4 Å². The van der Waals surface area contributed by atoms with Crippen molar-refractivity contribution in [2.24, 2.45) is 4.99 Å². The van der Waals surface area contributed by atoms with Crippen LogP contribution in [0.5, 0.6) is 11.5 Å². The van der Waals surface area contributed by atoms with E-state index in [1.807, 2.05) is 55.5 Å². The predicted molar refractivity (Wildman–Crippen MR) is 133 cm³/mol. The molecule has 0 spiro atoms. The van der Waals surface area contributed by atoms with E-state index in [2.05, 4.69) is 11.9 Å². The topological polar surface area (TPSA) is 57.1 Å². The summed E-state index contributed by atoms with van der Waals surface area (Å²) in [6, 6.07) is 15.0. The van der Waals surface area contributed by atoms with E-state index in [1.54, 1.807) is 6.08 Å². The molecule has 0 aromatic heterocycles. The highest BCUT2D eigenvalue weighted by Crippen LogP contribution is 2.22. The largest absolute Gasteiger partial charge is 0.494 e. The first kappa shape index (κ1) is 24.6. The fraction of sp³-hybridized carbons (Fsp3) is 0.429. The molecule has 3 rings (SSSR count). The summed E-state index contributed by atoms with van der Waals surface area (Å²) in [6.45, 7) is 5.52. The lowest BCUT2D eigenvalue weighted by Gasteiger charge is -2.07. The molecular weight excluding hydrogens is 414 g/mol. The lowest BCUT2D eigenvalue weighted by molar-refractivity contribution is -0.129. The normalized spacial score (nSPS) is 14.3. The van der Waals surface area contributed by atoms with Crippen molar-refractivity contribution < 1.29 is 19.0 Å². The van der Waals surface area contributed by atoms with Gasteiger partial charge in [-0.1, -0.05) is 64.0 Å². The van der Waals surface area contributed by atoms with E-state index in [0.29, 0.717) is 12.5 Å². The number of carbonyl (C=O) groups is 1. The van der Waals surface area contributed by atoms with Crippen LogP contribution in [-0.2, 0) is 9.53 Å². The molecule has 0 bridgehead atoms. The highest BCUT2D eigenvalue weighted by atomic mass is 16.6. The van der Waals surface area contributed by atoms with Crippen molar-refractivity contribution in [3.05, 3.63) is 65.4 Å². The molecule has 0 amide bonds. The van der Waals surface area contributed by atoms with Gasteiger partial charge in [0.15, 0.2) is 5.70 Å². The van der Waals surface area contributed by atoms with E-state index in [1.165, 1.54) is 44.9 Å². The molecule has 0 radical (unpaired) electrons. The van der Waals surface area contributed by atoms with Crippen molar-refractivity contribution in [3.63, 3.8) is 0 Å². The molecule has 1 aliphatic rings. The number of hydrogen-bond donors (Lipinski definition) is 0. The molecule has 2 aromatic carbocycles. The number of rotatable bonds is 14. The smallest absolute Gasteiger partial charge is 0.363 e. The fourth-order valence-electron chi connectivity index (χ4n) is 3.64. The Morgan fingerprint density at radius 3 is 2.06 bits per heavy atom. The summed E-state index contributed by atoms with van der Waals surface area (Å²) < 4.78 is 16.7.